The summed E-state index contributed by atoms with van der Waals surface area (Å²) in [5.74, 6) is 1.34. The highest BCUT2D eigenvalue weighted by atomic mass is 16.5. The number of aryl methyl sites for hydroxylation is 1. The average Bonchev–Trinajstić information content (AvgIpc) is 2.78. The number of carbonyl (C=O) groups excluding carboxylic acids is 1. The molecule has 2 atom stereocenters. The Morgan fingerprint density at radius 1 is 1.16 bits per heavy atom. The van der Waals surface area contributed by atoms with Crippen LogP contribution in [-0.4, -0.2) is 18.6 Å². The molecule has 5 heteroatoms. The van der Waals surface area contributed by atoms with Gasteiger partial charge in [0.2, 0.25) is 0 Å². The molecule has 1 saturated carbocycles. The van der Waals surface area contributed by atoms with E-state index in [-0.39, 0.29) is 17.5 Å². The Morgan fingerprint density at radius 3 is 2.69 bits per heavy atom. The summed E-state index contributed by atoms with van der Waals surface area (Å²) in [6, 6.07) is 15.8. The normalized spacial score (nSPS) is 18.5. The fourth-order valence-electron chi connectivity index (χ4n) is 4.06. The minimum Gasteiger partial charge on any atom is -0.490 e. The van der Waals surface area contributed by atoms with Gasteiger partial charge in [-0.15, -0.1) is 0 Å². The van der Waals surface area contributed by atoms with Crippen LogP contribution in [0.3, 0.4) is 0 Å². The van der Waals surface area contributed by atoms with E-state index in [0.717, 1.165) is 30.4 Å². The number of nitriles is 1. The number of nitrogens with one attached hydrogen (secondary N) is 1. The Morgan fingerprint density at radius 2 is 1.97 bits per heavy atom. The molecule has 2 aromatic carbocycles. The highest BCUT2D eigenvalue weighted by Gasteiger charge is 2.24. The Hall–Kier alpha value is -3.26. The molecule has 0 aromatic heterocycles. The molecule has 1 fully saturated rings. The number of carbonyl (C=O) groups is 1. The van der Waals surface area contributed by atoms with E-state index in [9.17, 15) is 10.1 Å². The Balaban J connectivity index is 1.74. The predicted molar refractivity (Wildman–Crippen MR) is 126 cm³/mol. The van der Waals surface area contributed by atoms with E-state index in [2.05, 4.69) is 18.3 Å². The highest BCUT2D eigenvalue weighted by Crippen LogP contribution is 2.30. The van der Waals surface area contributed by atoms with E-state index in [1.165, 1.54) is 12.0 Å². The van der Waals surface area contributed by atoms with E-state index in [1.54, 1.807) is 6.08 Å². The van der Waals surface area contributed by atoms with Crippen LogP contribution in [-0.2, 0) is 11.4 Å². The molecule has 1 amide bonds. The summed E-state index contributed by atoms with van der Waals surface area (Å²) in [6.45, 7) is 7.03. The maximum Gasteiger partial charge on any atom is 0.262 e. The SMILES string of the molecule is CCOc1cc(/C=C(\C#N)C(=O)N[C@H]2CCCC[C@H]2C)ccc1OCc1cccc(C)c1. The Labute approximate surface area is 191 Å². The second-order valence-electron chi connectivity index (χ2n) is 8.43. The van der Waals surface area contributed by atoms with E-state index < -0.39 is 0 Å². The molecule has 5 nitrogen and oxygen atoms in total. The molecule has 168 valence electrons. The summed E-state index contributed by atoms with van der Waals surface area (Å²) in [4.78, 5) is 12.7. The maximum atomic E-state index is 12.7. The van der Waals surface area contributed by atoms with Crippen LogP contribution in [0.5, 0.6) is 11.5 Å². The molecule has 1 N–H and O–H groups in total. The van der Waals surface area contributed by atoms with Crippen LogP contribution in [0.4, 0.5) is 0 Å². The van der Waals surface area contributed by atoms with Crippen LogP contribution < -0.4 is 14.8 Å². The molecule has 0 bridgehead atoms. The van der Waals surface area contributed by atoms with Crippen molar-refractivity contribution >= 4 is 12.0 Å². The standard InChI is InChI=1S/C27H32N2O3/c1-4-31-26-16-21(12-13-25(26)32-18-22-10-7-8-19(2)14-22)15-23(17-28)27(30)29-24-11-6-5-9-20(24)3/h7-8,10,12-16,20,24H,4-6,9,11,18H2,1-3H3,(H,29,30)/b23-15+/t20-,24+/m1/s1. The van der Waals surface area contributed by atoms with E-state index >= 15 is 0 Å². The highest BCUT2D eigenvalue weighted by molar-refractivity contribution is 6.01. The van der Waals surface area contributed by atoms with Crippen molar-refractivity contribution in [1.29, 1.82) is 5.26 Å². The van der Waals surface area contributed by atoms with Gasteiger partial charge >= 0.3 is 0 Å². The number of hydrogen-bond donors (Lipinski definition) is 1. The second kappa shape index (κ2) is 11.4. The third kappa shape index (κ3) is 6.37. The molecule has 0 unspecified atom stereocenters. The van der Waals surface area contributed by atoms with Crippen LogP contribution in [0.2, 0.25) is 0 Å². The number of amides is 1. The van der Waals surface area contributed by atoms with E-state index in [1.807, 2.05) is 56.3 Å². The van der Waals surface area contributed by atoms with E-state index in [0.29, 0.717) is 30.6 Å². The number of nitrogens with zero attached hydrogens (tertiary/aromatic N) is 1. The third-order valence-corrected chi connectivity index (χ3v) is 5.85. The average molecular weight is 433 g/mol. The molecule has 0 aliphatic heterocycles. The Kier molecular flexibility index (Phi) is 8.33. The fourth-order valence-corrected chi connectivity index (χ4v) is 4.06. The zero-order chi connectivity index (χ0) is 22.9. The third-order valence-electron chi connectivity index (χ3n) is 5.85. The number of benzene rings is 2. The van der Waals surface area contributed by atoms with Gasteiger partial charge in [-0.1, -0.05) is 55.7 Å². The second-order valence-corrected chi connectivity index (χ2v) is 8.43. The lowest BCUT2D eigenvalue weighted by Gasteiger charge is -2.29. The van der Waals surface area contributed by atoms with Crippen LogP contribution >= 0.6 is 0 Å². The molecule has 0 spiro atoms. The van der Waals surface area contributed by atoms with Crippen molar-refractivity contribution < 1.29 is 14.3 Å². The lowest BCUT2D eigenvalue weighted by Crippen LogP contribution is -2.41. The van der Waals surface area contributed by atoms with Gasteiger partial charge in [0.1, 0.15) is 18.2 Å². The Bertz CT molecular complexity index is 1010. The molecule has 32 heavy (non-hydrogen) atoms. The van der Waals surface area contributed by atoms with E-state index in [4.69, 9.17) is 9.47 Å². The van der Waals surface area contributed by atoms with Gasteiger partial charge in [-0.25, -0.2) is 0 Å². The first kappa shape index (κ1) is 23.4. The number of rotatable bonds is 8. The molecule has 0 heterocycles. The lowest BCUT2D eigenvalue weighted by molar-refractivity contribution is -0.118. The van der Waals surface area contributed by atoms with Crippen LogP contribution in [0.15, 0.2) is 48.0 Å². The summed E-state index contributed by atoms with van der Waals surface area (Å²) < 4.78 is 11.8. The molecule has 1 aliphatic rings. The first-order valence-corrected chi connectivity index (χ1v) is 11.4. The van der Waals surface area contributed by atoms with Gasteiger partial charge in [0, 0.05) is 6.04 Å². The molecule has 3 rings (SSSR count). The van der Waals surface area contributed by atoms with Gasteiger partial charge in [0.15, 0.2) is 11.5 Å². The predicted octanol–water partition coefficient (Wildman–Crippen LogP) is 5.57. The number of ether oxygens (including phenoxy) is 2. The van der Waals surface area contributed by atoms with Crippen LogP contribution in [0.25, 0.3) is 6.08 Å². The summed E-state index contributed by atoms with van der Waals surface area (Å²) in [5.41, 5.74) is 3.08. The molecule has 1 aliphatic carbocycles. The number of hydrogen-bond acceptors (Lipinski definition) is 4. The lowest BCUT2D eigenvalue weighted by atomic mass is 9.86. The molecule has 2 aromatic rings. The maximum absolute atomic E-state index is 12.7. The monoisotopic (exact) mass is 432 g/mol. The van der Waals surface area contributed by atoms with Crippen molar-refractivity contribution in [3.8, 4) is 17.6 Å². The van der Waals surface area contributed by atoms with Crippen molar-refractivity contribution in [2.24, 2.45) is 5.92 Å². The topological polar surface area (TPSA) is 71.3 Å². The van der Waals surface area contributed by atoms with Gasteiger partial charge in [-0.05, 0) is 61.9 Å². The van der Waals surface area contributed by atoms with Crippen molar-refractivity contribution in [2.75, 3.05) is 6.61 Å². The van der Waals surface area contributed by atoms with Gasteiger partial charge in [-0.2, -0.15) is 5.26 Å². The minimum absolute atomic E-state index is 0.0960. The smallest absolute Gasteiger partial charge is 0.262 e. The van der Waals surface area contributed by atoms with Gasteiger partial charge in [-0.3, -0.25) is 4.79 Å². The molecule has 0 radical (unpaired) electrons. The van der Waals surface area contributed by atoms with Crippen molar-refractivity contribution in [3.63, 3.8) is 0 Å². The van der Waals surface area contributed by atoms with Crippen molar-refractivity contribution in [1.82, 2.24) is 5.32 Å². The minimum atomic E-state index is -0.316. The van der Waals surface area contributed by atoms with Crippen LogP contribution in [0.1, 0.15) is 56.2 Å². The quantitative estimate of drug-likeness (QED) is 0.437. The molecular weight excluding hydrogens is 400 g/mol. The zero-order valence-corrected chi connectivity index (χ0v) is 19.2. The first-order chi connectivity index (χ1) is 15.5. The molecule has 0 saturated heterocycles. The summed E-state index contributed by atoms with van der Waals surface area (Å²) >= 11 is 0. The van der Waals surface area contributed by atoms with Crippen molar-refractivity contribution in [2.45, 2.75) is 59.1 Å². The van der Waals surface area contributed by atoms with Crippen molar-refractivity contribution in [3.05, 3.63) is 64.7 Å². The van der Waals surface area contributed by atoms with Gasteiger partial charge < -0.3 is 14.8 Å². The first-order valence-electron chi connectivity index (χ1n) is 11.4. The summed E-state index contributed by atoms with van der Waals surface area (Å²) in [5, 5.41) is 12.6. The van der Waals surface area contributed by atoms with Crippen LogP contribution in [0, 0.1) is 24.2 Å². The van der Waals surface area contributed by atoms with Gasteiger partial charge in [0.05, 0.1) is 6.61 Å². The fraction of sp³-hybridized carbons (Fsp3) is 0.407. The van der Waals surface area contributed by atoms with Gasteiger partial charge in [0.25, 0.3) is 5.91 Å². The summed E-state index contributed by atoms with van der Waals surface area (Å²) in [7, 11) is 0. The largest absolute Gasteiger partial charge is 0.490 e. The zero-order valence-electron chi connectivity index (χ0n) is 19.2. The summed E-state index contributed by atoms with van der Waals surface area (Å²) in [6.07, 6.45) is 6.00. The molecular formula is C27H32N2O3.